The Labute approximate surface area is 333 Å². The van der Waals surface area contributed by atoms with Crippen molar-refractivity contribution in [3.8, 4) is 0 Å². The third kappa shape index (κ3) is 5.37. The number of carbonyl (C=O) groups excluding carboxylic acids is 2. The number of esters is 1. The van der Waals surface area contributed by atoms with Crippen molar-refractivity contribution < 1.29 is 24.2 Å². The van der Waals surface area contributed by atoms with Gasteiger partial charge >= 0.3 is 11.9 Å². The average molecular weight is 761 g/mol. The third-order valence-electron chi connectivity index (χ3n) is 21.1. The van der Waals surface area contributed by atoms with E-state index in [4.69, 9.17) is 4.74 Å². The van der Waals surface area contributed by atoms with Gasteiger partial charge in [0, 0.05) is 24.5 Å². The van der Waals surface area contributed by atoms with E-state index in [-0.39, 0.29) is 45.1 Å². The molecule has 7 aliphatic carbocycles. The van der Waals surface area contributed by atoms with Gasteiger partial charge in [0.1, 0.15) is 6.10 Å². The van der Waals surface area contributed by atoms with Crippen LogP contribution >= 0.6 is 0 Å². The number of rotatable bonds is 7. The van der Waals surface area contributed by atoms with Crippen molar-refractivity contribution in [3.05, 3.63) is 0 Å². The molecule has 0 unspecified atom stereocenters. The summed E-state index contributed by atoms with van der Waals surface area (Å²) in [6.45, 7) is 23.7. The number of carbonyl (C=O) groups is 3. The standard InChI is InChI=1S/C48H76N2O5/c1-42(2)33(39(51)52)28-34(42)40(53)55-37-17-18-45(6)35(43(37,3)4)16-19-47(8)36(45)14-13-32-38-31(44(5)21-22-44)15-20-48(38,24-23-46(32,47)7)41(54)50-27-11-12-30(50)29-49-25-9-10-26-49/h30-38H,9-29H2,1-8H3,(H,51,52)/t30-,31+,32+,33-,34+,35-,36+,37-,38+,45-,46+,47+,48-/m0/s1. The molecule has 55 heavy (non-hydrogen) atoms. The van der Waals surface area contributed by atoms with Gasteiger partial charge in [-0.1, -0.05) is 55.4 Å². The van der Waals surface area contributed by atoms with E-state index in [9.17, 15) is 14.7 Å². The van der Waals surface area contributed by atoms with E-state index < -0.39 is 17.3 Å². The topological polar surface area (TPSA) is 87.2 Å². The first-order chi connectivity index (χ1) is 25.8. The molecule has 308 valence electrons. The van der Waals surface area contributed by atoms with Crippen LogP contribution < -0.4 is 0 Å². The highest BCUT2D eigenvalue weighted by Gasteiger charge is 2.74. The molecule has 0 aromatic carbocycles. The summed E-state index contributed by atoms with van der Waals surface area (Å²) in [5.41, 5.74) is 0.166. The van der Waals surface area contributed by atoms with Gasteiger partial charge < -0.3 is 19.6 Å². The van der Waals surface area contributed by atoms with Gasteiger partial charge in [-0.15, -0.1) is 0 Å². The lowest BCUT2D eigenvalue weighted by Gasteiger charge is -2.73. The first-order valence-corrected chi connectivity index (χ1v) is 23.3. The second-order valence-corrected chi connectivity index (χ2v) is 23.7. The molecule has 2 heterocycles. The lowest BCUT2D eigenvalue weighted by Crippen LogP contribution is -2.68. The summed E-state index contributed by atoms with van der Waals surface area (Å²) in [5, 5.41) is 9.70. The van der Waals surface area contributed by atoms with Crippen LogP contribution in [0.1, 0.15) is 165 Å². The van der Waals surface area contributed by atoms with Crippen molar-refractivity contribution in [2.75, 3.05) is 26.2 Å². The van der Waals surface area contributed by atoms with E-state index in [0.29, 0.717) is 53.4 Å². The maximum atomic E-state index is 15.4. The van der Waals surface area contributed by atoms with Gasteiger partial charge in [-0.25, -0.2) is 0 Å². The summed E-state index contributed by atoms with van der Waals surface area (Å²) in [4.78, 5) is 46.0. The zero-order valence-corrected chi connectivity index (χ0v) is 36.0. The van der Waals surface area contributed by atoms with E-state index in [0.717, 1.165) is 38.8 Å². The predicted molar refractivity (Wildman–Crippen MR) is 215 cm³/mol. The Morgan fingerprint density at radius 1 is 0.655 bits per heavy atom. The number of likely N-dealkylation sites (tertiary alicyclic amines) is 2. The van der Waals surface area contributed by atoms with Crippen LogP contribution in [0.2, 0.25) is 0 Å². The van der Waals surface area contributed by atoms with Crippen LogP contribution in [0.4, 0.5) is 0 Å². The lowest BCUT2D eigenvalue weighted by atomic mass is 9.32. The second-order valence-electron chi connectivity index (χ2n) is 23.7. The van der Waals surface area contributed by atoms with Crippen molar-refractivity contribution in [2.45, 2.75) is 177 Å². The number of carboxylic acid groups (broad SMARTS) is 1. The van der Waals surface area contributed by atoms with Crippen LogP contribution in [0.3, 0.4) is 0 Å². The van der Waals surface area contributed by atoms with Crippen LogP contribution in [0, 0.1) is 79.3 Å². The molecular weight excluding hydrogens is 685 g/mol. The SMILES string of the molecule is CC1([C@@H]2CC[C@]3(C(=O)N4CCC[C@H]4CN4CCCC4)CC[C@]4(C)[C@H](CC[C@@H]5[C@@]6(C)CC[C@H](OC(=O)[C@H]7C[C@@H](C(=O)O)C7(C)C)C(C)(C)[C@@H]6CC[C@]54C)[C@@H]23)CC1. The first kappa shape index (κ1) is 38.9. The predicted octanol–water partition coefficient (Wildman–Crippen LogP) is 9.61. The van der Waals surface area contributed by atoms with E-state index >= 15 is 4.79 Å². The van der Waals surface area contributed by atoms with Crippen molar-refractivity contribution >= 4 is 17.8 Å². The molecule has 1 N–H and O–H groups in total. The van der Waals surface area contributed by atoms with Gasteiger partial charge in [0.2, 0.25) is 5.91 Å². The number of nitrogens with zero attached hydrogens (tertiary/aromatic N) is 2. The molecule has 2 aliphatic heterocycles. The monoisotopic (exact) mass is 761 g/mol. The maximum Gasteiger partial charge on any atom is 0.309 e. The molecule has 2 saturated heterocycles. The van der Waals surface area contributed by atoms with Crippen LogP contribution in [0.25, 0.3) is 0 Å². The molecule has 7 nitrogen and oxygen atoms in total. The summed E-state index contributed by atoms with van der Waals surface area (Å²) in [6, 6.07) is 0.410. The van der Waals surface area contributed by atoms with Gasteiger partial charge in [-0.05, 0) is 179 Å². The fourth-order valence-electron chi connectivity index (χ4n) is 17.3. The Hall–Kier alpha value is -1.63. The highest BCUT2D eigenvalue weighted by Crippen LogP contribution is 2.79. The van der Waals surface area contributed by atoms with Crippen molar-refractivity contribution in [3.63, 3.8) is 0 Å². The van der Waals surface area contributed by atoms with Gasteiger partial charge in [0.25, 0.3) is 0 Å². The summed E-state index contributed by atoms with van der Waals surface area (Å²) >= 11 is 0. The molecule has 9 rings (SSSR count). The largest absolute Gasteiger partial charge is 0.481 e. The number of hydrogen-bond donors (Lipinski definition) is 1. The Morgan fingerprint density at radius 3 is 2.05 bits per heavy atom. The zero-order chi connectivity index (χ0) is 39.1. The molecule has 1 amide bonds. The van der Waals surface area contributed by atoms with Crippen LogP contribution in [-0.2, 0) is 19.1 Å². The van der Waals surface area contributed by atoms with Gasteiger partial charge in [0.15, 0.2) is 0 Å². The Bertz CT molecular complexity index is 1580. The summed E-state index contributed by atoms with van der Waals surface area (Å²) < 4.78 is 6.48. The third-order valence-corrected chi connectivity index (χ3v) is 21.1. The van der Waals surface area contributed by atoms with Gasteiger partial charge in [-0.3, -0.25) is 14.4 Å². The summed E-state index contributed by atoms with van der Waals surface area (Å²) in [7, 11) is 0. The maximum absolute atomic E-state index is 15.4. The molecule has 0 spiro atoms. The minimum atomic E-state index is -0.801. The summed E-state index contributed by atoms with van der Waals surface area (Å²) in [6.07, 6.45) is 19.5. The fourth-order valence-corrected chi connectivity index (χ4v) is 17.3. The molecule has 9 fully saturated rings. The molecule has 0 radical (unpaired) electrons. The van der Waals surface area contributed by atoms with E-state index in [2.05, 4.69) is 51.3 Å². The van der Waals surface area contributed by atoms with Gasteiger partial charge in [0.05, 0.1) is 17.3 Å². The number of ether oxygens (including phenoxy) is 1. The van der Waals surface area contributed by atoms with Crippen LogP contribution in [0.5, 0.6) is 0 Å². The lowest BCUT2D eigenvalue weighted by molar-refractivity contribution is -0.253. The highest BCUT2D eigenvalue weighted by atomic mass is 16.5. The fraction of sp³-hybridized carbons (Fsp3) is 0.938. The molecule has 0 aromatic heterocycles. The van der Waals surface area contributed by atoms with E-state index in [1.54, 1.807) is 0 Å². The highest BCUT2D eigenvalue weighted by molar-refractivity contribution is 5.84. The van der Waals surface area contributed by atoms with Crippen molar-refractivity contribution in [2.24, 2.45) is 79.3 Å². The Balaban J connectivity index is 0.970. The molecule has 9 aliphatic rings. The molecule has 7 heteroatoms. The first-order valence-electron chi connectivity index (χ1n) is 23.3. The molecule has 13 atom stereocenters. The minimum absolute atomic E-state index is 0.131. The quantitative estimate of drug-likeness (QED) is 0.260. The average Bonchev–Trinajstić information content (AvgIpc) is 3.50. The number of hydrogen-bond acceptors (Lipinski definition) is 5. The number of carboxylic acids is 1. The minimum Gasteiger partial charge on any atom is -0.481 e. The van der Waals surface area contributed by atoms with Gasteiger partial charge in [-0.2, -0.15) is 0 Å². The zero-order valence-electron chi connectivity index (χ0n) is 36.0. The van der Waals surface area contributed by atoms with Crippen molar-refractivity contribution in [1.29, 1.82) is 0 Å². The van der Waals surface area contributed by atoms with E-state index in [1.807, 2.05) is 13.8 Å². The number of amides is 1. The Kier molecular flexibility index (Phi) is 8.96. The van der Waals surface area contributed by atoms with Crippen LogP contribution in [-0.4, -0.2) is 71.1 Å². The normalized spacial score (nSPS) is 49.2. The number of aliphatic carboxylic acids is 1. The number of fused-ring (bicyclic) bond motifs is 7. The summed E-state index contributed by atoms with van der Waals surface area (Å²) in [5.74, 6) is 1.70. The second kappa shape index (κ2) is 12.7. The smallest absolute Gasteiger partial charge is 0.309 e. The molecular formula is C48H76N2O5. The Morgan fingerprint density at radius 2 is 1.38 bits per heavy atom. The van der Waals surface area contributed by atoms with Crippen LogP contribution in [0.15, 0.2) is 0 Å². The molecule has 0 bridgehead atoms. The van der Waals surface area contributed by atoms with E-state index in [1.165, 1.54) is 90.1 Å². The molecule has 0 aromatic rings. The molecule has 7 saturated carbocycles. The van der Waals surface area contributed by atoms with Crippen molar-refractivity contribution in [1.82, 2.24) is 9.80 Å².